The van der Waals surface area contributed by atoms with Gasteiger partial charge in [-0.2, -0.15) is 0 Å². The topological polar surface area (TPSA) is 68.3 Å². The van der Waals surface area contributed by atoms with Gasteiger partial charge < -0.3 is 10.1 Å². The zero-order valence-electron chi connectivity index (χ0n) is 16.1. The van der Waals surface area contributed by atoms with Crippen LogP contribution in [0.3, 0.4) is 0 Å². The van der Waals surface area contributed by atoms with Crippen molar-refractivity contribution in [3.8, 4) is 0 Å². The smallest absolute Gasteiger partial charge is 0.313 e. The van der Waals surface area contributed by atoms with Crippen molar-refractivity contribution in [2.75, 3.05) is 6.61 Å². The van der Waals surface area contributed by atoms with Crippen molar-refractivity contribution in [2.24, 2.45) is 5.41 Å². The number of rotatable bonds is 7. The molecule has 0 saturated heterocycles. The average Bonchev–Trinajstić information content (AvgIpc) is 3.08. The minimum absolute atomic E-state index is 0.0857. The molecule has 27 heavy (non-hydrogen) atoms. The number of amides is 1. The van der Waals surface area contributed by atoms with Gasteiger partial charge >= 0.3 is 5.97 Å². The van der Waals surface area contributed by atoms with E-state index in [-0.39, 0.29) is 24.5 Å². The molecule has 1 unspecified atom stereocenters. The summed E-state index contributed by atoms with van der Waals surface area (Å²) in [5.41, 5.74) is 0.424. The lowest BCUT2D eigenvalue weighted by Crippen LogP contribution is -2.40. The Kier molecular flexibility index (Phi) is 6.47. The summed E-state index contributed by atoms with van der Waals surface area (Å²) in [5.74, 6) is -0.482. The number of nitrogens with one attached hydrogen (secondary N) is 1. The second-order valence-electron chi connectivity index (χ2n) is 7.55. The van der Waals surface area contributed by atoms with Crippen molar-refractivity contribution in [1.29, 1.82) is 0 Å². The van der Waals surface area contributed by atoms with Gasteiger partial charge in [0.25, 0.3) is 5.91 Å². The summed E-state index contributed by atoms with van der Waals surface area (Å²) < 4.78 is 6.60. The first-order valence-corrected chi connectivity index (χ1v) is 10.6. The van der Waals surface area contributed by atoms with Gasteiger partial charge in [-0.25, -0.2) is 4.98 Å². The molecule has 1 aliphatic carbocycles. The minimum Gasteiger partial charge on any atom is -0.455 e. The lowest BCUT2D eigenvalue weighted by molar-refractivity contribution is -0.161. The highest BCUT2D eigenvalue weighted by Gasteiger charge is 2.42. The van der Waals surface area contributed by atoms with Crippen LogP contribution in [0, 0.1) is 5.41 Å². The number of ether oxygens (including phenoxy) is 1. The molecule has 0 spiro atoms. The van der Waals surface area contributed by atoms with Gasteiger partial charge in [-0.15, -0.1) is 11.3 Å². The molecule has 0 bridgehead atoms. The number of esters is 1. The van der Waals surface area contributed by atoms with Crippen molar-refractivity contribution in [2.45, 2.75) is 64.8 Å². The van der Waals surface area contributed by atoms with Gasteiger partial charge in [-0.3, -0.25) is 9.59 Å². The Morgan fingerprint density at radius 1 is 1.26 bits per heavy atom. The summed E-state index contributed by atoms with van der Waals surface area (Å²) in [6.07, 6.45) is 6.21. The summed E-state index contributed by atoms with van der Waals surface area (Å²) in [5, 5.41) is 3.81. The standard InChI is InChI=1S/C21H28N2O3S/c1-3-15(2)22-18(24)14-26-20(25)21(11-7-4-8-12-21)13-19-23-16-9-5-6-10-17(16)27-19/h5-6,9-10,15H,3-4,7-8,11-14H2,1-2H3,(H,22,24). The number of aromatic nitrogens is 1. The maximum atomic E-state index is 13.0. The first-order valence-electron chi connectivity index (χ1n) is 9.83. The molecule has 1 atom stereocenters. The fraction of sp³-hybridized carbons (Fsp3) is 0.571. The van der Waals surface area contributed by atoms with Crippen LogP contribution in [0.15, 0.2) is 24.3 Å². The summed E-state index contributed by atoms with van der Waals surface area (Å²) >= 11 is 1.64. The van der Waals surface area contributed by atoms with E-state index in [9.17, 15) is 9.59 Å². The predicted molar refractivity (Wildman–Crippen MR) is 108 cm³/mol. The van der Waals surface area contributed by atoms with E-state index in [4.69, 9.17) is 9.72 Å². The fourth-order valence-electron chi connectivity index (χ4n) is 3.67. The van der Waals surface area contributed by atoms with E-state index in [1.54, 1.807) is 11.3 Å². The number of benzene rings is 1. The Bertz CT molecular complexity index is 763. The van der Waals surface area contributed by atoms with Crippen molar-refractivity contribution in [1.82, 2.24) is 10.3 Å². The van der Waals surface area contributed by atoms with Crippen LogP contribution in [0.4, 0.5) is 0 Å². The second-order valence-corrected chi connectivity index (χ2v) is 8.66. The third-order valence-corrected chi connectivity index (χ3v) is 6.46. The highest BCUT2D eigenvalue weighted by molar-refractivity contribution is 7.18. The Morgan fingerprint density at radius 2 is 2.00 bits per heavy atom. The molecule has 1 N–H and O–H groups in total. The number of hydrogen-bond acceptors (Lipinski definition) is 5. The van der Waals surface area contributed by atoms with E-state index in [0.29, 0.717) is 6.42 Å². The molecular weight excluding hydrogens is 360 g/mol. The van der Waals surface area contributed by atoms with E-state index in [1.807, 2.05) is 32.0 Å². The Balaban J connectivity index is 1.70. The van der Waals surface area contributed by atoms with Crippen LogP contribution in [0.2, 0.25) is 0 Å². The molecule has 6 heteroatoms. The molecule has 2 aromatic rings. The monoisotopic (exact) mass is 388 g/mol. The fourth-order valence-corrected chi connectivity index (χ4v) is 4.78. The van der Waals surface area contributed by atoms with Crippen LogP contribution in [-0.2, 0) is 20.7 Å². The molecule has 1 heterocycles. The van der Waals surface area contributed by atoms with Crippen molar-refractivity contribution < 1.29 is 14.3 Å². The number of para-hydroxylation sites is 1. The van der Waals surface area contributed by atoms with Gasteiger partial charge in [-0.1, -0.05) is 38.3 Å². The Hall–Kier alpha value is -1.95. The van der Waals surface area contributed by atoms with Crippen LogP contribution in [0.1, 0.15) is 57.4 Å². The minimum atomic E-state index is -0.553. The van der Waals surface area contributed by atoms with Crippen molar-refractivity contribution >= 4 is 33.4 Å². The molecule has 0 aliphatic heterocycles. The first-order chi connectivity index (χ1) is 13.0. The molecular formula is C21H28N2O3S. The number of hydrogen-bond donors (Lipinski definition) is 1. The zero-order valence-corrected chi connectivity index (χ0v) is 16.9. The quantitative estimate of drug-likeness (QED) is 0.720. The molecule has 0 radical (unpaired) electrons. The average molecular weight is 389 g/mol. The highest BCUT2D eigenvalue weighted by atomic mass is 32.1. The maximum Gasteiger partial charge on any atom is 0.313 e. The molecule has 1 aromatic carbocycles. The number of carbonyl (C=O) groups excluding carboxylic acids is 2. The van der Waals surface area contributed by atoms with Crippen LogP contribution in [0.25, 0.3) is 10.2 Å². The molecule has 146 valence electrons. The number of carbonyl (C=O) groups is 2. The zero-order chi connectivity index (χ0) is 19.3. The molecule has 3 rings (SSSR count). The normalized spacial score (nSPS) is 17.4. The van der Waals surface area contributed by atoms with Crippen LogP contribution in [0.5, 0.6) is 0 Å². The maximum absolute atomic E-state index is 13.0. The summed E-state index contributed by atoms with van der Waals surface area (Å²) in [6, 6.07) is 8.13. The van der Waals surface area contributed by atoms with Crippen LogP contribution in [-0.4, -0.2) is 29.5 Å². The van der Waals surface area contributed by atoms with Gasteiger partial charge in [0.2, 0.25) is 0 Å². The van der Waals surface area contributed by atoms with Crippen molar-refractivity contribution in [3.63, 3.8) is 0 Å². The van der Waals surface area contributed by atoms with E-state index < -0.39 is 5.41 Å². The molecule has 1 aliphatic rings. The van der Waals surface area contributed by atoms with E-state index >= 15 is 0 Å². The lowest BCUT2D eigenvalue weighted by Gasteiger charge is -2.34. The van der Waals surface area contributed by atoms with Gasteiger partial charge in [0.15, 0.2) is 6.61 Å². The SMILES string of the molecule is CCC(C)NC(=O)COC(=O)C1(Cc2nc3ccccc3s2)CCCCC1. The van der Waals surface area contributed by atoms with Gasteiger partial charge in [-0.05, 0) is 38.3 Å². The van der Waals surface area contributed by atoms with Gasteiger partial charge in [0.1, 0.15) is 0 Å². The molecule has 1 aromatic heterocycles. The Morgan fingerprint density at radius 3 is 2.70 bits per heavy atom. The number of nitrogens with zero attached hydrogens (tertiary/aromatic N) is 1. The van der Waals surface area contributed by atoms with Crippen LogP contribution < -0.4 is 5.32 Å². The largest absolute Gasteiger partial charge is 0.455 e. The lowest BCUT2D eigenvalue weighted by atomic mass is 9.72. The first kappa shape index (κ1) is 19.8. The third-order valence-electron chi connectivity index (χ3n) is 5.43. The third kappa shape index (κ3) is 4.86. The van der Waals surface area contributed by atoms with Gasteiger partial charge in [0.05, 0.1) is 20.6 Å². The molecule has 5 nitrogen and oxygen atoms in total. The van der Waals surface area contributed by atoms with E-state index in [2.05, 4.69) is 11.4 Å². The predicted octanol–water partition coefficient (Wildman–Crippen LogP) is 4.25. The number of fused-ring (bicyclic) bond motifs is 1. The van der Waals surface area contributed by atoms with Gasteiger partial charge in [0, 0.05) is 12.5 Å². The Labute approximate surface area is 164 Å². The summed E-state index contributed by atoms with van der Waals surface area (Å²) in [6.45, 7) is 3.74. The number of thiazole rings is 1. The van der Waals surface area contributed by atoms with E-state index in [0.717, 1.165) is 53.7 Å². The highest BCUT2D eigenvalue weighted by Crippen LogP contribution is 2.41. The summed E-state index contributed by atoms with van der Waals surface area (Å²) in [7, 11) is 0. The van der Waals surface area contributed by atoms with Crippen molar-refractivity contribution in [3.05, 3.63) is 29.3 Å². The second kappa shape index (κ2) is 8.83. The van der Waals surface area contributed by atoms with Crippen LogP contribution >= 0.6 is 11.3 Å². The summed E-state index contributed by atoms with van der Waals surface area (Å²) in [4.78, 5) is 29.7. The molecule has 1 fully saturated rings. The molecule has 1 amide bonds. The molecule has 1 saturated carbocycles. The van der Waals surface area contributed by atoms with E-state index in [1.165, 1.54) is 0 Å².